The van der Waals surface area contributed by atoms with Crippen LogP contribution < -0.4 is 5.56 Å². The lowest BCUT2D eigenvalue weighted by atomic mass is 10.2. The molecule has 0 aliphatic heterocycles. The zero-order chi connectivity index (χ0) is 11.5. The lowest BCUT2D eigenvalue weighted by molar-refractivity contribution is 0.569. The standard InChI is InChI=1S/C11H8BrFN2O/c12-10-5-6-11(16)15(14-10)7-8-3-1-2-4-9(8)13/h1-6H,7H2. The van der Waals surface area contributed by atoms with Gasteiger partial charge in [-0.15, -0.1) is 0 Å². The third kappa shape index (κ3) is 2.36. The van der Waals surface area contributed by atoms with E-state index in [2.05, 4.69) is 21.0 Å². The minimum Gasteiger partial charge on any atom is -0.268 e. The summed E-state index contributed by atoms with van der Waals surface area (Å²) in [6.07, 6.45) is 0. The second-order valence-corrected chi connectivity index (χ2v) is 4.06. The number of benzene rings is 1. The number of nitrogens with zero attached hydrogens (tertiary/aromatic N) is 2. The summed E-state index contributed by atoms with van der Waals surface area (Å²) in [4.78, 5) is 11.4. The molecule has 2 rings (SSSR count). The summed E-state index contributed by atoms with van der Waals surface area (Å²) in [6.45, 7) is 0.130. The van der Waals surface area contributed by atoms with Gasteiger partial charge in [0.1, 0.15) is 10.4 Å². The number of rotatable bonds is 2. The summed E-state index contributed by atoms with van der Waals surface area (Å²) in [5, 5.41) is 3.96. The first kappa shape index (κ1) is 11.0. The van der Waals surface area contributed by atoms with E-state index in [1.54, 1.807) is 24.3 Å². The first-order valence-corrected chi connectivity index (χ1v) is 5.43. The van der Waals surface area contributed by atoms with Crippen LogP contribution in [-0.2, 0) is 6.54 Å². The third-order valence-corrected chi connectivity index (χ3v) is 2.53. The fourth-order valence-electron chi connectivity index (χ4n) is 1.33. The molecule has 82 valence electrons. The van der Waals surface area contributed by atoms with Gasteiger partial charge in [0.05, 0.1) is 6.54 Å². The lowest BCUT2D eigenvalue weighted by Crippen LogP contribution is -2.22. The SMILES string of the molecule is O=c1ccc(Br)nn1Cc1ccccc1F. The second kappa shape index (κ2) is 4.57. The molecule has 0 amide bonds. The topological polar surface area (TPSA) is 34.9 Å². The van der Waals surface area contributed by atoms with Gasteiger partial charge in [0.25, 0.3) is 5.56 Å². The molecule has 1 aromatic heterocycles. The van der Waals surface area contributed by atoms with Gasteiger partial charge >= 0.3 is 0 Å². The molecule has 0 saturated heterocycles. The molecule has 0 atom stereocenters. The Balaban J connectivity index is 2.38. The van der Waals surface area contributed by atoms with Crippen molar-refractivity contribution in [2.45, 2.75) is 6.54 Å². The maximum atomic E-state index is 13.4. The van der Waals surface area contributed by atoms with E-state index in [0.717, 1.165) is 0 Å². The zero-order valence-electron chi connectivity index (χ0n) is 8.23. The molecule has 0 N–H and O–H groups in total. The molecule has 0 aliphatic rings. The zero-order valence-corrected chi connectivity index (χ0v) is 9.82. The highest BCUT2D eigenvalue weighted by Gasteiger charge is 2.04. The van der Waals surface area contributed by atoms with Gasteiger partial charge in [0.2, 0.25) is 0 Å². The smallest absolute Gasteiger partial charge is 0.267 e. The first-order chi connectivity index (χ1) is 7.66. The van der Waals surface area contributed by atoms with Gasteiger partial charge in [0, 0.05) is 11.6 Å². The highest BCUT2D eigenvalue weighted by molar-refractivity contribution is 9.10. The molecule has 1 heterocycles. The summed E-state index contributed by atoms with van der Waals surface area (Å²) in [5.74, 6) is -0.337. The first-order valence-electron chi connectivity index (χ1n) is 4.64. The van der Waals surface area contributed by atoms with Crippen molar-refractivity contribution in [2.75, 3.05) is 0 Å². The molecule has 0 aliphatic carbocycles. The Kier molecular flexibility index (Phi) is 3.14. The number of halogens is 2. The van der Waals surface area contributed by atoms with Gasteiger partial charge < -0.3 is 0 Å². The summed E-state index contributed by atoms with van der Waals surface area (Å²) in [5.41, 5.74) is 0.182. The van der Waals surface area contributed by atoms with E-state index in [-0.39, 0.29) is 17.9 Å². The van der Waals surface area contributed by atoms with Crippen LogP contribution >= 0.6 is 15.9 Å². The molecular weight excluding hydrogens is 275 g/mol. The number of hydrogen-bond acceptors (Lipinski definition) is 2. The largest absolute Gasteiger partial charge is 0.268 e. The van der Waals surface area contributed by atoms with E-state index >= 15 is 0 Å². The van der Waals surface area contributed by atoms with E-state index < -0.39 is 0 Å². The highest BCUT2D eigenvalue weighted by Crippen LogP contribution is 2.07. The molecule has 0 bridgehead atoms. The molecule has 2 aromatic rings. The highest BCUT2D eigenvalue weighted by atomic mass is 79.9. The fourth-order valence-corrected chi connectivity index (χ4v) is 1.65. The van der Waals surface area contributed by atoms with Crippen molar-refractivity contribution in [1.29, 1.82) is 0 Å². The minimum absolute atomic E-state index is 0.130. The van der Waals surface area contributed by atoms with E-state index in [9.17, 15) is 9.18 Å². The van der Waals surface area contributed by atoms with Gasteiger partial charge in [-0.25, -0.2) is 9.07 Å². The van der Waals surface area contributed by atoms with Crippen molar-refractivity contribution < 1.29 is 4.39 Å². The number of aromatic nitrogens is 2. The Morgan fingerprint density at radius 1 is 1.25 bits per heavy atom. The second-order valence-electron chi connectivity index (χ2n) is 3.24. The Hall–Kier alpha value is -1.49. The predicted molar refractivity (Wildman–Crippen MR) is 61.7 cm³/mol. The van der Waals surface area contributed by atoms with Crippen LogP contribution in [0.5, 0.6) is 0 Å². The average molecular weight is 283 g/mol. The summed E-state index contributed by atoms with van der Waals surface area (Å²) < 4.78 is 15.1. The Labute approximate surface area is 99.7 Å². The molecule has 16 heavy (non-hydrogen) atoms. The Bertz CT molecular complexity index is 568. The van der Waals surface area contributed by atoms with Crippen LogP contribution in [0.1, 0.15) is 5.56 Å². The molecule has 3 nitrogen and oxygen atoms in total. The van der Waals surface area contributed by atoms with E-state index in [4.69, 9.17) is 0 Å². The molecule has 0 radical (unpaired) electrons. The van der Waals surface area contributed by atoms with Crippen LogP contribution in [0.15, 0.2) is 45.8 Å². The van der Waals surface area contributed by atoms with Crippen LogP contribution in [0.4, 0.5) is 4.39 Å². The van der Waals surface area contributed by atoms with Crippen LogP contribution in [-0.4, -0.2) is 9.78 Å². The maximum absolute atomic E-state index is 13.4. The normalized spacial score (nSPS) is 10.4. The van der Waals surface area contributed by atoms with Gasteiger partial charge in [-0.2, -0.15) is 5.10 Å². The van der Waals surface area contributed by atoms with Crippen molar-refractivity contribution in [3.63, 3.8) is 0 Å². The summed E-state index contributed by atoms with van der Waals surface area (Å²) >= 11 is 3.16. The van der Waals surface area contributed by atoms with Crippen LogP contribution in [0, 0.1) is 5.82 Å². The average Bonchev–Trinajstić information content (AvgIpc) is 2.27. The molecule has 0 fully saturated rings. The lowest BCUT2D eigenvalue weighted by Gasteiger charge is -2.05. The maximum Gasteiger partial charge on any atom is 0.267 e. The fraction of sp³-hybridized carbons (Fsp3) is 0.0909. The van der Waals surface area contributed by atoms with Crippen molar-refractivity contribution in [3.8, 4) is 0 Å². The van der Waals surface area contributed by atoms with Crippen LogP contribution in [0.2, 0.25) is 0 Å². The van der Waals surface area contributed by atoms with Crippen LogP contribution in [0.25, 0.3) is 0 Å². The quantitative estimate of drug-likeness (QED) is 0.846. The minimum atomic E-state index is -0.337. The van der Waals surface area contributed by atoms with Crippen LogP contribution in [0.3, 0.4) is 0 Å². The van der Waals surface area contributed by atoms with Gasteiger partial charge in [-0.3, -0.25) is 4.79 Å². The van der Waals surface area contributed by atoms with E-state index in [1.807, 2.05) is 0 Å². The molecule has 0 saturated carbocycles. The van der Waals surface area contributed by atoms with Gasteiger partial charge in [-0.05, 0) is 28.1 Å². The Morgan fingerprint density at radius 3 is 2.75 bits per heavy atom. The predicted octanol–water partition coefficient (Wildman–Crippen LogP) is 2.19. The third-order valence-electron chi connectivity index (χ3n) is 2.11. The number of hydrogen-bond donors (Lipinski definition) is 0. The molecular formula is C11H8BrFN2O. The molecule has 5 heteroatoms. The summed E-state index contributed by atoms with van der Waals surface area (Å²) in [7, 11) is 0. The van der Waals surface area contributed by atoms with Gasteiger partial charge in [-0.1, -0.05) is 18.2 Å². The van der Waals surface area contributed by atoms with E-state index in [1.165, 1.54) is 16.8 Å². The monoisotopic (exact) mass is 282 g/mol. The van der Waals surface area contributed by atoms with E-state index in [0.29, 0.717) is 10.2 Å². The van der Waals surface area contributed by atoms with Crippen molar-refractivity contribution in [1.82, 2.24) is 9.78 Å². The van der Waals surface area contributed by atoms with Crippen molar-refractivity contribution in [2.24, 2.45) is 0 Å². The molecule has 1 aromatic carbocycles. The van der Waals surface area contributed by atoms with Crippen molar-refractivity contribution >= 4 is 15.9 Å². The molecule has 0 spiro atoms. The van der Waals surface area contributed by atoms with Crippen molar-refractivity contribution in [3.05, 3.63) is 62.7 Å². The molecule has 0 unspecified atom stereocenters. The Morgan fingerprint density at radius 2 is 2.00 bits per heavy atom. The summed E-state index contributed by atoms with van der Waals surface area (Å²) in [6, 6.07) is 9.26. The van der Waals surface area contributed by atoms with Gasteiger partial charge in [0.15, 0.2) is 0 Å².